The van der Waals surface area contributed by atoms with Gasteiger partial charge >= 0.3 is 0 Å². The Labute approximate surface area is 163 Å². The van der Waals surface area contributed by atoms with Gasteiger partial charge in [-0.05, 0) is 67.0 Å². The normalized spacial score (nSPS) is 23.8. The van der Waals surface area contributed by atoms with E-state index < -0.39 is 0 Å². The summed E-state index contributed by atoms with van der Waals surface area (Å²) in [5.41, 5.74) is 1.80. The molecule has 0 bridgehead atoms. The number of hydrogen-bond acceptors (Lipinski definition) is 4. The zero-order chi connectivity index (χ0) is 19.7. The molecule has 6 heteroatoms. The minimum atomic E-state index is -0.335. The number of halogens is 1. The van der Waals surface area contributed by atoms with Gasteiger partial charge in [0.15, 0.2) is 5.78 Å². The van der Waals surface area contributed by atoms with Crippen LogP contribution in [0.3, 0.4) is 0 Å². The van der Waals surface area contributed by atoms with Crippen LogP contribution in [0.15, 0.2) is 48.5 Å². The highest BCUT2D eigenvalue weighted by Gasteiger charge is 2.47. The molecule has 28 heavy (non-hydrogen) atoms. The summed E-state index contributed by atoms with van der Waals surface area (Å²) in [6.45, 7) is 2.91. The standard InChI is InChI=1S/C22H23FN2O3/c23-18-8-6-15(7-9-18)22(26)5-2-10-24-13-17-12-20(21(17)14-24)16-3-1-4-19(11-16)25(27)28/h1,3-4,6-9,11,17,20-21H,2,5,10,12-14H2. The van der Waals surface area contributed by atoms with Gasteiger partial charge in [-0.1, -0.05) is 12.1 Å². The minimum absolute atomic E-state index is 0.0524. The van der Waals surface area contributed by atoms with E-state index >= 15 is 0 Å². The van der Waals surface area contributed by atoms with Crippen LogP contribution in [0.1, 0.15) is 41.1 Å². The molecule has 0 radical (unpaired) electrons. The molecule has 1 saturated carbocycles. The Morgan fingerprint density at radius 2 is 1.96 bits per heavy atom. The SMILES string of the molecule is O=C(CCCN1CC2CC(c3cccc([N+](=O)[O-])c3)C2C1)c1ccc(F)cc1. The van der Waals surface area contributed by atoms with Crippen LogP contribution in [0.2, 0.25) is 0 Å². The number of rotatable bonds is 7. The molecule has 2 aliphatic rings. The van der Waals surface area contributed by atoms with Gasteiger partial charge in [0.2, 0.25) is 0 Å². The lowest BCUT2D eigenvalue weighted by Crippen LogP contribution is -2.33. The molecule has 3 atom stereocenters. The van der Waals surface area contributed by atoms with Gasteiger partial charge in [0.1, 0.15) is 5.82 Å². The summed E-state index contributed by atoms with van der Waals surface area (Å²) in [6, 6.07) is 12.7. The highest BCUT2D eigenvalue weighted by molar-refractivity contribution is 5.95. The quantitative estimate of drug-likeness (QED) is 0.404. The summed E-state index contributed by atoms with van der Waals surface area (Å²) in [6.07, 6.45) is 2.33. The average molecular weight is 382 g/mol. The zero-order valence-corrected chi connectivity index (χ0v) is 15.6. The van der Waals surface area contributed by atoms with Crippen molar-refractivity contribution in [3.05, 3.63) is 75.6 Å². The number of nitro benzene ring substituents is 1. The van der Waals surface area contributed by atoms with Crippen molar-refractivity contribution in [2.45, 2.75) is 25.2 Å². The lowest BCUT2D eigenvalue weighted by molar-refractivity contribution is -0.385. The zero-order valence-electron chi connectivity index (χ0n) is 15.6. The van der Waals surface area contributed by atoms with E-state index in [4.69, 9.17) is 0 Å². The van der Waals surface area contributed by atoms with E-state index in [2.05, 4.69) is 4.90 Å². The largest absolute Gasteiger partial charge is 0.303 e. The Morgan fingerprint density at radius 3 is 2.71 bits per heavy atom. The first-order valence-electron chi connectivity index (χ1n) is 9.77. The number of hydrogen-bond donors (Lipinski definition) is 0. The fraction of sp³-hybridized carbons (Fsp3) is 0.409. The van der Waals surface area contributed by atoms with Crippen LogP contribution in [0.5, 0.6) is 0 Å². The summed E-state index contributed by atoms with van der Waals surface area (Å²) in [4.78, 5) is 25.3. The van der Waals surface area contributed by atoms with Crippen LogP contribution in [0, 0.1) is 27.8 Å². The fourth-order valence-electron chi connectivity index (χ4n) is 4.68. The van der Waals surface area contributed by atoms with Crippen molar-refractivity contribution in [3.8, 4) is 0 Å². The van der Waals surface area contributed by atoms with Gasteiger partial charge < -0.3 is 4.90 Å². The van der Waals surface area contributed by atoms with Gasteiger partial charge in [-0.25, -0.2) is 4.39 Å². The van der Waals surface area contributed by atoms with E-state index in [9.17, 15) is 19.3 Å². The summed E-state index contributed by atoms with van der Waals surface area (Å²) in [5.74, 6) is 1.32. The molecule has 0 amide bonds. The Bertz CT molecular complexity index is 884. The first kappa shape index (κ1) is 18.7. The number of carbonyl (C=O) groups excluding carboxylic acids is 1. The van der Waals surface area contributed by atoms with Crippen molar-refractivity contribution in [1.82, 2.24) is 4.90 Å². The van der Waals surface area contributed by atoms with Crippen LogP contribution in [0.25, 0.3) is 0 Å². The monoisotopic (exact) mass is 382 g/mol. The number of benzene rings is 2. The average Bonchev–Trinajstić information content (AvgIpc) is 2.99. The molecule has 1 saturated heterocycles. The van der Waals surface area contributed by atoms with Gasteiger partial charge in [-0.3, -0.25) is 14.9 Å². The third-order valence-corrected chi connectivity index (χ3v) is 6.19. The van der Waals surface area contributed by atoms with Crippen molar-refractivity contribution in [3.63, 3.8) is 0 Å². The van der Waals surface area contributed by atoms with Crippen molar-refractivity contribution < 1.29 is 14.1 Å². The molecule has 3 unspecified atom stereocenters. The lowest BCUT2D eigenvalue weighted by Gasteiger charge is -2.39. The number of likely N-dealkylation sites (tertiary alicyclic amines) is 1. The van der Waals surface area contributed by atoms with E-state index in [-0.39, 0.29) is 22.2 Å². The molecule has 5 nitrogen and oxygen atoms in total. The van der Waals surface area contributed by atoms with Crippen molar-refractivity contribution in [2.24, 2.45) is 11.8 Å². The van der Waals surface area contributed by atoms with Crippen molar-refractivity contribution in [1.29, 1.82) is 0 Å². The maximum atomic E-state index is 13.0. The smallest absolute Gasteiger partial charge is 0.269 e. The Morgan fingerprint density at radius 1 is 1.18 bits per heavy atom. The lowest BCUT2D eigenvalue weighted by atomic mass is 9.64. The molecular formula is C22H23FN2O3. The third-order valence-electron chi connectivity index (χ3n) is 6.19. The van der Waals surface area contributed by atoms with Crippen LogP contribution in [-0.2, 0) is 0 Å². The predicted molar refractivity (Wildman–Crippen MR) is 104 cm³/mol. The Hall–Kier alpha value is -2.60. The van der Waals surface area contributed by atoms with E-state index in [0.717, 1.165) is 38.0 Å². The topological polar surface area (TPSA) is 63.5 Å². The molecule has 2 aromatic rings. The summed E-state index contributed by atoms with van der Waals surface area (Å²) < 4.78 is 13.0. The van der Waals surface area contributed by atoms with Crippen LogP contribution in [-0.4, -0.2) is 35.2 Å². The summed E-state index contributed by atoms with van der Waals surface area (Å²) in [5, 5.41) is 11.0. The van der Waals surface area contributed by atoms with Gasteiger partial charge in [-0.2, -0.15) is 0 Å². The van der Waals surface area contributed by atoms with Gasteiger partial charge in [-0.15, -0.1) is 0 Å². The van der Waals surface area contributed by atoms with Gasteiger partial charge in [0, 0.05) is 37.2 Å². The summed E-state index contributed by atoms with van der Waals surface area (Å²) >= 11 is 0. The first-order chi connectivity index (χ1) is 13.5. The number of ketones is 1. The molecule has 2 aromatic carbocycles. The molecular weight excluding hydrogens is 359 g/mol. The second kappa shape index (κ2) is 7.80. The van der Waals surface area contributed by atoms with Gasteiger partial charge in [0.25, 0.3) is 5.69 Å². The second-order valence-corrected chi connectivity index (χ2v) is 7.91. The fourth-order valence-corrected chi connectivity index (χ4v) is 4.68. The Balaban J connectivity index is 1.27. The van der Waals surface area contributed by atoms with Crippen molar-refractivity contribution >= 4 is 11.5 Å². The molecule has 0 N–H and O–H groups in total. The van der Waals surface area contributed by atoms with E-state index in [1.165, 1.54) is 24.3 Å². The number of Topliss-reactive ketones (excluding diaryl/α,β-unsaturated/α-hetero) is 1. The van der Waals surface area contributed by atoms with E-state index in [1.807, 2.05) is 6.07 Å². The highest BCUT2D eigenvalue weighted by atomic mass is 19.1. The number of non-ortho nitro benzene ring substituents is 1. The Kier molecular flexibility index (Phi) is 5.22. The summed E-state index contributed by atoms with van der Waals surface area (Å²) in [7, 11) is 0. The van der Waals surface area contributed by atoms with Crippen LogP contribution < -0.4 is 0 Å². The molecule has 4 rings (SSSR count). The number of fused-ring (bicyclic) bond motifs is 1. The molecule has 0 spiro atoms. The molecule has 2 fully saturated rings. The minimum Gasteiger partial charge on any atom is -0.303 e. The predicted octanol–water partition coefficient (Wildman–Crippen LogP) is 4.43. The van der Waals surface area contributed by atoms with Crippen molar-refractivity contribution in [2.75, 3.05) is 19.6 Å². The number of nitrogens with zero attached hydrogens (tertiary/aromatic N) is 2. The second-order valence-electron chi connectivity index (χ2n) is 7.91. The molecule has 0 aromatic heterocycles. The van der Waals surface area contributed by atoms with E-state index in [1.54, 1.807) is 18.2 Å². The molecule has 1 heterocycles. The van der Waals surface area contributed by atoms with Crippen LogP contribution in [0.4, 0.5) is 10.1 Å². The highest BCUT2D eigenvalue weighted by Crippen LogP contribution is 2.51. The number of nitro groups is 1. The maximum Gasteiger partial charge on any atom is 0.269 e. The van der Waals surface area contributed by atoms with Gasteiger partial charge in [0.05, 0.1) is 4.92 Å². The first-order valence-corrected chi connectivity index (χ1v) is 9.77. The maximum absolute atomic E-state index is 13.0. The number of carbonyl (C=O) groups is 1. The molecule has 146 valence electrons. The van der Waals surface area contributed by atoms with Crippen LogP contribution >= 0.6 is 0 Å². The molecule has 1 aliphatic heterocycles. The third kappa shape index (κ3) is 3.83. The van der Waals surface area contributed by atoms with E-state index in [0.29, 0.717) is 29.7 Å². The molecule has 1 aliphatic carbocycles.